The Labute approximate surface area is 92.3 Å². The maximum absolute atomic E-state index is 10.9. The molecule has 0 unspecified atom stereocenters. The molecule has 0 radical (unpaired) electrons. The molecule has 0 aromatic carbocycles. The van der Waals surface area contributed by atoms with Crippen LogP contribution in [-0.2, 0) is 9.53 Å². The van der Waals surface area contributed by atoms with E-state index in [2.05, 4.69) is 15.8 Å². The second kappa shape index (κ2) is 5.37. The summed E-state index contributed by atoms with van der Waals surface area (Å²) in [5.41, 5.74) is 1.38. The first kappa shape index (κ1) is 11.5. The van der Waals surface area contributed by atoms with Crippen molar-refractivity contribution in [3.8, 4) is 6.07 Å². The fraction of sp³-hybridized carbons (Fsp3) is 0.300. The minimum absolute atomic E-state index is 0.168. The zero-order chi connectivity index (χ0) is 11.3. The Kier molecular flexibility index (Phi) is 4.13. The van der Waals surface area contributed by atoms with E-state index in [4.69, 9.17) is 5.26 Å². The van der Waals surface area contributed by atoms with E-state index in [1.165, 1.54) is 18.9 Å². The molecule has 5 heteroatoms. The number of carbonyl (C=O) groups is 1. The first-order chi connectivity index (χ1) is 7.19. The van der Waals surface area contributed by atoms with Gasteiger partial charge in [0.15, 0.2) is 0 Å². The Morgan fingerprint density at radius 2 is 2.47 bits per heavy atom. The number of rotatable bonds is 3. The summed E-state index contributed by atoms with van der Waals surface area (Å²) < 4.78 is 4.51. The van der Waals surface area contributed by atoms with E-state index in [1.807, 2.05) is 6.92 Å². The maximum Gasteiger partial charge on any atom is 0.316 e. The van der Waals surface area contributed by atoms with Gasteiger partial charge >= 0.3 is 5.97 Å². The molecule has 0 amide bonds. The average molecular weight is 222 g/mol. The number of methoxy groups -OCH3 is 1. The molecular formula is C10H10N2O2S. The quantitative estimate of drug-likeness (QED) is 0.573. The van der Waals surface area contributed by atoms with E-state index in [9.17, 15) is 4.79 Å². The van der Waals surface area contributed by atoms with E-state index in [-0.39, 0.29) is 11.7 Å². The number of esters is 1. The van der Waals surface area contributed by atoms with Crippen LogP contribution < -0.4 is 0 Å². The highest BCUT2D eigenvalue weighted by Gasteiger charge is 2.09. The summed E-state index contributed by atoms with van der Waals surface area (Å²) >= 11 is 1.21. The van der Waals surface area contributed by atoms with Crippen molar-refractivity contribution in [3.05, 3.63) is 23.4 Å². The molecular weight excluding hydrogens is 212 g/mol. The Bertz CT molecular complexity index is 412. The van der Waals surface area contributed by atoms with Gasteiger partial charge < -0.3 is 4.74 Å². The Balaban J connectivity index is 2.82. The van der Waals surface area contributed by atoms with Crippen molar-refractivity contribution >= 4 is 17.7 Å². The molecule has 0 saturated heterocycles. The zero-order valence-corrected chi connectivity index (χ0v) is 9.30. The van der Waals surface area contributed by atoms with Crippen LogP contribution in [0.25, 0.3) is 0 Å². The fourth-order valence-corrected chi connectivity index (χ4v) is 1.82. The van der Waals surface area contributed by atoms with Crippen LogP contribution in [0.2, 0.25) is 0 Å². The van der Waals surface area contributed by atoms with Crippen molar-refractivity contribution in [2.45, 2.75) is 11.9 Å². The lowest BCUT2D eigenvalue weighted by Gasteiger charge is -2.03. The van der Waals surface area contributed by atoms with Crippen molar-refractivity contribution in [1.29, 1.82) is 5.26 Å². The predicted molar refractivity (Wildman–Crippen MR) is 56.4 cm³/mol. The largest absolute Gasteiger partial charge is 0.468 e. The maximum atomic E-state index is 10.9. The number of nitriles is 1. The highest BCUT2D eigenvalue weighted by Crippen LogP contribution is 2.21. The summed E-state index contributed by atoms with van der Waals surface area (Å²) in [5.74, 6) is -0.158. The van der Waals surface area contributed by atoms with Crippen LogP contribution >= 0.6 is 11.8 Å². The van der Waals surface area contributed by atoms with Crippen LogP contribution in [0, 0.1) is 18.3 Å². The third-order valence-corrected chi connectivity index (χ3v) is 2.75. The van der Waals surface area contributed by atoms with E-state index in [0.717, 1.165) is 5.56 Å². The minimum Gasteiger partial charge on any atom is -0.468 e. The molecule has 0 fully saturated rings. The number of hydrogen-bond donors (Lipinski definition) is 0. The summed E-state index contributed by atoms with van der Waals surface area (Å²) in [7, 11) is 1.33. The van der Waals surface area contributed by atoms with Crippen molar-refractivity contribution in [2.24, 2.45) is 0 Å². The number of aryl methyl sites for hydroxylation is 1. The first-order valence-electron chi connectivity index (χ1n) is 4.24. The van der Waals surface area contributed by atoms with Gasteiger partial charge in [-0.1, -0.05) is 11.8 Å². The molecule has 0 aliphatic rings. The number of aromatic nitrogens is 1. The predicted octanol–water partition coefficient (Wildman–Crippen LogP) is 1.53. The van der Waals surface area contributed by atoms with Crippen molar-refractivity contribution in [1.82, 2.24) is 4.98 Å². The molecule has 1 heterocycles. The van der Waals surface area contributed by atoms with Crippen molar-refractivity contribution in [3.63, 3.8) is 0 Å². The SMILES string of the molecule is COC(=O)CSc1nccc(C)c1C#N. The number of thioether (sulfide) groups is 1. The van der Waals surface area contributed by atoms with Gasteiger partial charge in [-0.2, -0.15) is 5.26 Å². The molecule has 0 spiro atoms. The lowest BCUT2D eigenvalue weighted by atomic mass is 10.2. The summed E-state index contributed by atoms with van der Waals surface area (Å²) in [5, 5.41) is 9.47. The van der Waals surface area contributed by atoms with Crippen molar-refractivity contribution < 1.29 is 9.53 Å². The van der Waals surface area contributed by atoms with Crippen LogP contribution in [0.1, 0.15) is 11.1 Å². The molecule has 1 aromatic rings. The summed E-state index contributed by atoms with van der Waals surface area (Å²) in [6.07, 6.45) is 1.62. The summed E-state index contributed by atoms with van der Waals surface area (Å²) in [6.45, 7) is 1.84. The molecule has 78 valence electrons. The highest BCUT2D eigenvalue weighted by molar-refractivity contribution is 7.99. The van der Waals surface area contributed by atoms with Gasteiger partial charge in [-0.25, -0.2) is 4.98 Å². The smallest absolute Gasteiger partial charge is 0.316 e. The Morgan fingerprint density at radius 3 is 3.07 bits per heavy atom. The van der Waals surface area contributed by atoms with E-state index in [1.54, 1.807) is 12.3 Å². The normalized spacial score (nSPS) is 9.40. The van der Waals surface area contributed by atoms with Gasteiger partial charge in [-0.15, -0.1) is 0 Å². The van der Waals surface area contributed by atoms with Crippen LogP contribution in [-0.4, -0.2) is 23.8 Å². The molecule has 0 atom stereocenters. The third-order valence-electron chi connectivity index (χ3n) is 1.79. The number of ether oxygens (including phenoxy) is 1. The van der Waals surface area contributed by atoms with Crippen LogP contribution in [0.15, 0.2) is 17.3 Å². The summed E-state index contributed by atoms with van der Waals surface area (Å²) in [6, 6.07) is 3.83. The van der Waals surface area contributed by atoms with Gasteiger partial charge in [0.2, 0.25) is 0 Å². The third kappa shape index (κ3) is 2.96. The van der Waals surface area contributed by atoms with E-state index < -0.39 is 0 Å². The molecule has 1 aromatic heterocycles. The standard InChI is InChI=1S/C10H10N2O2S/c1-7-3-4-12-10(8(7)5-11)15-6-9(13)14-2/h3-4H,6H2,1-2H3. The average Bonchev–Trinajstić information content (AvgIpc) is 2.25. The lowest BCUT2D eigenvalue weighted by molar-refractivity contribution is -0.137. The molecule has 0 aliphatic heterocycles. The molecule has 15 heavy (non-hydrogen) atoms. The van der Waals surface area contributed by atoms with E-state index >= 15 is 0 Å². The number of carbonyl (C=O) groups excluding carboxylic acids is 1. The van der Waals surface area contributed by atoms with Gasteiger partial charge in [-0.3, -0.25) is 4.79 Å². The van der Waals surface area contributed by atoms with Gasteiger partial charge in [0.1, 0.15) is 11.1 Å². The second-order valence-electron chi connectivity index (χ2n) is 2.78. The molecule has 0 N–H and O–H groups in total. The lowest BCUT2D eigenvalue weighted by Crippen LogP contribution is -2.04. The molecule has 1 rings (SSSR count). The van der Waals surface area contributed by atoms with Crippen LogP contribution in [0.3, 0.4) is 0 Å². The number of pyridine rings is 1. The molecule has 0 saturated carbocycles. The van der Waals surface area contributed by atoms with Gasteiger partial charge in [0.05, 0.1) is 18.4 Å². The topological polar surface area (TPSA) is 63.0 Å². The second-order valence-corrected chi connectivity index (χ2v) is 3.75. The number of nitrogens with zero attached hydrogens (tertiary/aromatic N) is 2. The molecule has 0 bridgehead atoms. The molecule has 0 aliphatic carbocycles. The summed E-state index contributed by atoms with van der Waals surface area (Å²) in [4.78, 5) is 15.0. The zero-order valence-electron chi connectivity index (χ0n) is 8.48. The van der Waals surface area contributed by atoms with E-state index in [0.29, 0.717) is 10.6 Å². The monoisotopic (exact) mass is 222 g/mol. The molecule has 4 nitrogen and oxygen atoms in total. The van der Waals surface area contributed by atoms with Gasteiger partial charge in [0, 0.05) is 6.20 Å². The van der Waals surface area contributed by atoms with Crippen LogP contribution in [0.5, 0.6) is 0 Å². The minimum atomic E-state index is -0.327. The van der Waals surface area contributed by atoms with Crippen molar-refractivity contribution in [2.75, 3.05) is 12.9 Å². The number of hydrogen-bond acceptors (Lipinski definition) is 5. The van der Waals surface area contributed by atoms with Crippen LogP contribution in [0.4, 0.5) is 0 Å². The van der Waals surface area contributed by atoms with Gasteiger partial charge in [-0.05, 0) is 18.6 Å². The highest BCUT2D eigenvalue weighted by atomic mass is 32.2. The van der Waals surface area contributed by atoms with Gasteiger partial charge in [0.25, 0.3) is 0 Å². The Hall–Kier alpha value is -1.54. The fourth-order valence-electron chi connectivity index (χ4n) is 0.965. The Morgan fingerprint density at radius 1 is 1.73 bits per heavy atom. The first-order valence-corrected chi connectivity index (χ1v) is 5.23.